The number of aliphatic hydroxyl groups is 1. The van der Waals surface area contributed by atoms with Gasteiger partial charge in [-0.25, -0.2) is 4.79 Å². The maximum absolute atomic E-state index is 14.6. The quantitative estimate of drug-likeness (QED) is 0.0739. The molecule has 0 bridgehead atoms. The van der Waals surface area contributed by atoms with Crippen LogP contribution in [-0.4, -0.2) is 156 Å². The lowest BCUT2D eigenvalue weighted by molar-refractivity contribution is -0.177. The highest BCUT2D eigenvalue weighted by Gasteiger charge is 2.46. The number of likely N-dealkylation sites (N-methyl/N-ethyl adjacent to an activating group) is 4. The zero-order valence-electron chi connectivity index (χ0n) is 44.3. The Balaban J connectivity index is 2.45. The van der Waals surface area contributed by atoms with Crippen molar-refractivity contribution in [2.45, 2.75) is 176 Å². The van der Waals surface area contributed by atoms with Crippen molar-refractivity contribution in [3.8, 4) is 0 Å². The number of carbonyl (C=O) groups excluding carboxylic acids is 8. The van der Waals surface area contributed by atoms with E-state index in [1.54, 1.807) is 41.5 Å². The topological polar surface area (TPSA) is 236 Å². The second-order valence-electron chi connectivity index (χ2n) is 20.6. The number of benzene rings is 1. The van der Waals surface area contributed by atoms with Gasteiger partial charge in [0.2, 0.25) is 35.4 Å². The fourth-order valence-electron chi connectivity index (χ4n) is 8.94. The summed E-state index contributed by atoms with van der Waals surface area (Å²) in [7, 11) is 5.70. The van der Waals surface area contributed by atoms with Gasteiger partial charge in [-0.2, -0.15) is 0 Å². The first-order valence-corrected chi connectivity index (χ1v) is 24.8. The monoisotopic (exact) mass is 971 g/mol. The van der Waals surface area contributed by atoms with E-state index in [2.05, 4.69) is 26.6 Å². The Bertz CT molecular complexity index is 1880. The van der Waals surface area contributed by atoms with Crippen molar-refractivity contribution in [1.29, 1.82) is 0 Å². The number of ether oxygens (including phenoxy) is 1. The SMILES string of the molecule is CC[C@H](C)[C@H](NC(=O)C1CCCN1)C(=O)N(C)[C@H](C(=O)N[C@@H](CC(C)C)C(=O)N(C)[C@H](C(=O)O[C@@H](C(=O)N(C)[C@H](C(=O)N[C@@H](Cc1ccccc1)C(=O)NC)C(C)C)[C@@H](C)CC)C(C)(C)O)C(C)C. The van der Waals surface area contributed by atoms with Crippen LogP contribution < -0.4 is 26.6 Å². The van der Waals surface area contributed by atoms with Gasteiger partial charge in [0.25, 0.3) is 5.91 Å². The van der Waals surface area contributed by atoms with Crippen LogP contribution in [0.25, 0.3) is 0 Å². The van der Waals surface area contributed by atoms with Gasteiger partial charge in [0.1, 0.15) is 30.2 Å². The lowest BCUT2D eigenvalue weighted by Gasteiger charge is -2.39. The second-order valence-corrected chi connectivity index (χ2v) is 20.6. The van der Waals surface area contributed by atoms with Crippen molar-refractivity contribution >= 4 is 47.3 Å². The Kier molecular flexibility index (Phi) is 23.8. The average Bonchev–Trinajstić information content (AvgIpc) is 3.83. The van der Waals surface area contributed by atoms with Crippen molar-refractivity contribution in [2.24, 2.45) is 29.6 Å². The van der Waals surface area contributed by atoms with E-state index in [9.17, 15) is 43.5 Å². The summed E-state index contributed by atoms with van der Waals surface area (Å²) in [5.74, 6) is -6.78. The lowest BCUT2D eigenvalue weighted by atomic mass is 9.93. The smallest absolute Gasteiger partial charge is 0.332 e. The summed E-state index contributed by atoms with van der Waals surface area (Å²) < 4.78 is 6.01. The van der Waals surface area contributed by atoms with Gasteiger partial charge in [0.15, 0.2) is 12.1 Å². The van der Waals surface area contributed by atoms with Crippen LogP contribution in [0.5, 0.6) is 0 Å². The van der Waals surface area contributed by atoms with E-state index in [0.29, 0.717) is 25.8 Å². The second kappa shape index (κ2) is 27.3. The molecule has 69 heavy (non-hydrogen) atoms. The summed E-state index contributed by atoms with van der Waals surface area (Å²) in [6.07, 6.45) is 1.30. The Hall–Kier alpha value is -5.10. The third kappa shape index (κ3) is 16.8. The number of nitrogens with one attached hydrogen (secondary N) is 5. The van der Waals surface area contributed by atoms with Gasteiger partial charge in [0, 0.05) is 40.5 Å². The molecule has 7 amide bonds. The standard InChI is InChI=1S/C51H86N8O10/c1-17-32(9)38(56-44(61)35-25-22-26-53-35)48(65)57(14)39(30(5)6)46(63)55-37(27-29(3)4)47(64)59(16)42(51(11,12)68)50(67)69-41(33(10)18-2)49(66)58(15)40(31(7)8)45(62)54-36(43(60)52-13)28-34-23-20-19-21-24-34/h19-21,23-24,29-33,35-42,53,68H,17-18,22,25-28H2,1-16H3,(H,52,60)(H,54,62)(H,55,63)(H,56,61)/t32-,33-,35?,36-,37-,38-,39-,40-,41+,42+/m0/s1. The van der Waals surface area contributed by atoms with Gasteiger partial charge in [-0.1, -0.05) is 106 Å². The minimum Gasteiger partial charge on any atom is -0.450 e. The molecule has 2 rings (SSSR count). The van der Waals surface area contributed by atoms with E-state index in [1.165, 1.54) is 51.8 Å². The van der Waals surface area contributed by atoms with E-state index in [1.807, 2.05) is 58.0 Å². The van der Waals surface area contributed by atoms with Gasteiger partial charge in [0.05, 0.1) is 11.6 Å². The van der Waals surface area contributed by atoms with Crippen molar-refractivity contribution in [3.05, 3.63) is 35.9 Å². The molecule has 1 fully saturated rings. The summed E-state index contributed by atoms with van der Waals surface area (Å²) in [6, 6.07) is 1.81. The van der Waals surface area contributed by atoms with E-state index in [-0.39, 0.29) is 30.6 Å². The Morgan fingerprint density at radius 3 is 1.70 bits per heavy atom. The summed E-state index contributed by atoms with van der Waals surface area (Å²) >= 11 is 0. The molecule has 0 spiro atoms. The summed E-state index contributed by atoms with van der Waals surface area (Å²) in [5.41, 5.74) is -1.12. The molecule has 1 unspecified atom stereocenters. The molecule has 1 saturated heterocycles. The third-order valence-corrected chi connectivity index (χ3v) is 13.2. The zero-order chi connectivity index (χ0) is 52.7. The molecule has 18 heteroatoms. The van der Waals surface area contributed by atoms with Crippen LogP contribution in [0.15, 0.2) is 30.3 Å². The molecule has 390 valence electrons. The van der Waals surface area contributed by atoms with E-state index in [4.69, 9.17) is 4.74 Å². The van der Waals surface area contributed by atoms with Crippen LogP contribution in [0.3, 0.4) is 0 Å². The molecule has 1 aliphatic heterocycles. The first-order valence-electron chi connectivity index (χ1n) is 24.8. The van der Waals surface area contributed by atoms with Crippen molar-refractivity contribution in [1.82, 2.24) is 41.3 Å². The Morgan fingerprint density at radius 2 is 1.25 bits per heavy atom. The summed E-state index contributed by atoms with van der Waals surface area (Å²) in [6.45, 7) is 21.4. The first-order chi connectivity index (χ1) is 32.1. The Morgan fingerprint density at radius 1 is 0.725 bits per heavy atom. The molecule has 0 radical (unpaired) electrons. The van der Waals surface area contributed by atoms with E-state index in [0.717, 1.165) is 16.9 Å². The highest BCUT2D eigenvalue weighted by Crippen LogP contribution is 2.25. The summed E-state index contributed by atoms with van der Waals surface area (Å²) in [4.78, 5) is 116. The van der Waals surface area contributed by atoms with Gasteiger partial charge in [-0.3, -0.25) is 33.6 Å². The predicted octanol–water partition coefficient (Wildman–Crippen LogP) is 2.80. The van der Waals surface area contributed by atoms with Crippen LogP contribution in [-0.2, 0) is 49.5 Å². The van der Waals surface area contributed by atoms with Crippen molar-refractivity contribution < 1.29 is 48.2 Å². The van der Waals surface area contributed by atoms with Crippen LogP contribution in [0, 0.1) is 29.6 Å². The predicted molar refractivity (Wildman–Crippen MR) is 265 cm³/mol. The molecular formula is C51H86N8O10. The number of amides is 7. The number of rotatable bonds is 26. The third-order valence-electron chi connectivity index (χ3n) is 13.2. The van der Waals surface area contributed by atoms with Crippen LogP contribution in [0.2, 0.25) is 0 Å². The molecule has 1 aliphatic rings. The molecule has 10 atom stereocenters. The molecule has 0 aromatic heterocycles. The maximum atomic E-state index is 14.6. The molecule has 1 heterocycles. The van der Waals surface area contributed by atoms with Gasteiger partial charge in [-0.05, 0) is 75.3 Å². The first kappa shape index (κ1) is 60.0. The summed E-state index contributed by atoms with van der Waals surface area (Å²) in [5, 5.41) is 25.9. The maximum Gasteiger partial charge on any atom is 0.332 e. The highest BCUT2D eigenvalue weighted by molar-refractivity contribution is 5.97. The minimum absolute atomic E-state index is 0.120. The molecule has 1 aromatic carbocycles. The molecule has 0 saturated carbocycles. The molecular weight excluding hydrogens is 885 g/mol. The number of hydrogen-bond acceptors (Lipinski definition) is 11. The lowest BCUT2D eigenvalue weighted by Crippen LogP contribution is -2.63. The van der Waals surface area contributed by atoms with E-state index >= 15 is 0 Å². The number of esters is 1. The molecule has 6 N–H and O–H groups in total. The molecule has 1 aromatic rings. The number of hydrogen-bond donors (Lipinski definition) is 6. The largest absolute Gasteiger partial charge is 0.450 e. The minimum atomic E-state index is -1.94. The number of carbonyl (C=O) groups is 8. The van der Waals surface area contributed by atoms with Crippen LogP contribution in [0.1, 0.15) is 121 Å². The average molecular weight is 971 g/mol. The van der Waals surface area contributed by atoms with Gasteiger partial charge < -0.3 is 51.1 Å². The van der Waals surface area contributed by atoms with Crippen LogP contribution >= 0.6 is 0 Å². The fourth-order valence-corrected chi connectivity index (χ4v) is 8.94. The highest BCUT2D eigenvalue weighted by atomic mass is 16.6. The zero-order valence-corrected chi connectivity index (χ0v) is 44.3. The van der Waals surface area contributed by atoms with E-state index < -0.39 is 113 Å². The van der Waals surface area contributed by atoms with Crippen molar-refractivity contribution in [2.75, 3.05) is 34.7 Å². The number of nitrogens with zero attached hydrogens (tertiary/aromatic N) is 3. The van der Waals surface area contributed by atoms with Crippen LogP contribution in [0.4, 0.5) is 0 Å². The molecule has 18 nitrogen and oxygen atoms in total. The normalized spacial score (nSPS) is 17.8. The van der Waals surface area contributed by atoms with Gasteiger partial charge in [-0.15, -0.1) is 0 Å². The fraction of sp³-hybridized carbons (Fsp3) is 0.725. The van der Waals surface area contributed by atoms with Crippen molar-refractivity contribution in [3.63, 3.8) is 0 Å². The molecule has 0 aliphatic carbocycles. The Labute approximate surface area is 411 Å². The van der Waals surface area contributed by atoms with Gasteiger partial charge >= 0.3 is 5.97 Å².